The van der Waals surface area contributed by atoms with Crippen LogP contribution in [0.15, 0.2) is 58.2 Å². The van der Waals surface area contributed by atoms with E-state index in [4.69, 9.17) is 9.68 Å². The maximum atomic E-state index is 13.0. The molecule has 0 saturated carbocycles. The predicted molar refractivity (Wildman–Crippen MR) is 114 cm³/mol. The number of nitriles is 1. The molecule has 0 radical (unpaired) electrons. The second-order valence-electron chi connectivity index (χ2n) is 6.67. The number of aromatic nitrogens is 2. The fraction of sp³-hybridized carbons (Fsp3) is 0.273. The molecule has 3 aromatic rings. The Balaban J connectivity index is 1.74. The van der Waals surface area contributed by atoms with Gasteiger partial charge in [-0.3, -0.25) is 4.79 Å². The van der Waals surface area contributed by atoms with Crippen LogP contribution in [0, 0.1) is 25.2 Å². The number of thioether (sulfide) groups is 1. The van der Waals surface area contributed by atoms with Crippen molar-refractivity contribution in [3.63, 3.8) is 0 Å². The van der Waals surface area contributed by atoms with Crippen LogP contribution in [0.2, 0.25) is 0 Å². The molecule has 1 atom stereocenters. The fourth-order valence-electron chi connectivity index (χ4n) is 2.81. The summed E-state index contributed by atoms with van der Waals surface area (Å²) in [6, 6.07) is 17.4. The van der Waals surface area contributed by atoms with Crippen LogP contribution >= 0.6 is 11.8 Å². The van der Waals surface area contributed by atoms with E-state index in [1.54, 1.807) is 11.8 Å². The standard InChI is InChI=1S/C22H22N4O2S/c1-15-10-11-18(14-16(15)2)20-24-25-22(28-20)29-17(3)21(27)26(13-7-12-23)19-8-5-4-6-9-19/h4-6,8-11,14,17H,7,13H2,1-3H3/t17-/m0/s1. The van der Waals surface area contributed by atoms with E-state index < -0.39 is 5.25 Å². The number of benzene rings is 2. The van der Waals surface area contributed by atoms with E-state index in [1.807, 2.05) is 62.4 Å². The molecule has 148 valence electrons. The summed E-state index contributed by atoms with van der Waals surface area (Å²) >= 11 is 1.22. The molecule has 29 heavy (non-hydrogen) atoms. The first-order chi connectivity index (χ1) is 14.0. The van der Waals surface area contributed by atoms with E-state index in [1.165, 1.54) is 17.3 Å². The molecule has 0 spiro atoms. The van der Waals surface area contributed by atoms with Gasteiger partial charge >= 0.3 is 0 Å². The number of hydrogen-bond donors (Lipinski definition) is 0. The minimum Gasteiger partial charge on any atom is -0.411 e. The minimum absolute atomic E-state index is 0.109. The van der Waals surface area contributed by atoms with Gasteiger partial charge < -0.3 is 9.32 Å². The molecule has 2 aromatic carbocycles. The summed E-state index contributed by atoms with van der Waals surface area (Å²) in [6.07, 6.45) is 0.259. The lowest BCUT2D eigenvalue weighted by molar-refractivity contribution is -0.117. The molecule has 0 fully saturated rings. The zero-order valence-electron chi connectivity index (χ0n) is 16.6. The molecule has 1 heterocycles. The smallest absolute Gasteiger partial charge is 0.277 e. The number of para-hydroxylation sites is 1. The van der Waals surface area contributed by atoms with Gasteiger partial charge in [-0.15, -0.1) is 10.2 Å². The van der Waals surface area contributed by atoms with Gasteiger partial charge in [0, 0.05) is 17.8 Å². The van der Waals surface area contributed by atoms with Gasteiger partial charge in [-0.05, 0) is 56.2 Å². The second kappa shape index (κ2) is 9.39. The summed E-state index contributed by atoms with van der Waals surface area (Å²) < 4.78 is 5.77. The molecular weight excluding hydrogens is 384 g/mol. The second-order valence-corrected chi connectivity index (χ2v) is 7.96. The maximum Gasteiger partial charge on any atom is 0.277 e. The number of amides is 1. The van der Waals surface area contributed by atoms with E-state index in [0.29, 0.717) is 17.7 Å². The lowest BCUT2D eigenvalue weighted by Crippen LogP contribution is -2.37. The van der Waals surface area contributed by atoms with E-state index in [0.717, 1.165) is 16.8 Å². The number of anilines is 1. The van der Waals surface area contributed by atoms with Crippen molar-refractivity contribution < 1.29 is 9.21 Å². The quantitative estimate of drug-likeness (QED) is 0.525. The Morgan fingerprint density at radius 2 is 1.93 bits per heavy atom. The Hall–Kier alpha value is -3.11. The maximum absolute atomic E-state index is 13.0. The summed E-state index contributed by atoms with van der Waals surface area (Å²) in [5, 5.41) is 17.0. The van der Waals surface area contributed by atoms with Crippen LogP contribution in [-0.2, 0) is 4.79 Å². The highest BCUT2D eigenvalue weighted by molar-refractivity contribution is 8.00. The van der Waals surface area contributed by atoms with Gasteiger partial charge in [0.1, 0.15) is 0 Å². The van der Waals surface area contributed by atoms with Gasteiger partial charge in [-0.25, -0.2) is 0 Å². The van der Waals surface area contributed by atoms with Gasteiger partial charge in [0.15, 0.2) is 0 Å². The largest absolute Gasteiger partial charge is 0.411 e. The van der Waals surface area contributed by atoms with Crippen molar-refractivity contribution in [2.45, 2.75) is 37.7 Å². The molecule has 0 saturated heterocycles. The SMILES string of the molecule is Cc1ccc(-c2nnc(S[C@@H](C)C(=O)N(CCC#N)c3ccccc3)o2)cc1C. The first-order valence-electron chi connectivity index (χ1n) is 9.30. The van der Waals surface area contributed by atoms with Gasteiger partial charge in [-0.1, -0.05) is 36.0 Å². The van der Waals surface area contributed by atoms with Gasteiger partial charge in [0.25, 0.3) is 5.22 Å². The van der Waals surface area contributed by atoms with Gasteiger partial charge in [0.05, 0.1) is 17.7 Å². The highest BCUT2D eigenvalue weighted by Crippen LogP contribution is 2.29. The number of nitrogens with zero attached hydrogens (tertiary/aromatic N) is 4. The van der Waals surface area contributed by atoms with Crippen molar-refractivity contribution in [3.05, 3.63) is 59.7 Å². The summed E-state index contributed by atoms with van der Waals surface area (Å²) in [5.74, 6) is 0.321. The van der Waals surface area contributed by atoms with Crippen LogP contribution in [0.5, 0.6) is 0 Å². The van der Waals surface area contributed by atoms with Crippen LogP contribution in [0.1, 0.15) is 24.5 Å². The summed E-state index contributed by atoms with van der Waals surface area (Å²) in [4.78, 5) is 14.6. The molecule has 0 aliphatic heterocycles. The van der Waals surface area contributed by atoms with Crippen LogP contribution in [0.3, 0.4) is 0 Å². The Morgan fingerprint density at radius 1 is 1.17 bits per heavy atom. The van der Waals surface area contributed by atoms with Crippen molar-refractivity contribution >= 4 is 23.4 Å². The monoisotopic (exact) mass is 406 g/mol. The third-order valence-corrected chi connectivity index (χ3v) is 5.49. The van der Waals surface area contributed by atoms with Crippen molar-refractivity contribution in [2.75, 3.05) is 11.4 Å². The molecule has 0 aliphatic rings. The Labute approximate surface area is 174 Å². The lowest BCUT2D eigenvalue weighted by Gasteiger charge is -2.24. The van der Waals surface area contributed by atoms with Crippen LogP contribution in [-0.4, -0.2) is 27.9 Å². The molecule has 3 rings (SSSR count). The van der Waals surface area contributed by atoms with E-state index in [9.17, 15) is 4.79 Å². The van der Waals surface area contributed by atoms with Crippen molar-refractivity contribution in [1.82, 2.24) is 10.2 Å². The third-order valence-electron chi connectivity index (χ3n) is 4.57. The number of aryl methyl sites for hydroxylation is 2. The molecule has 0 unspecified atom stereocenters. The van der Waals surface area contributed by atoms with Crippen LogP contribution < -0.4 is 4.90 Å². The Kier molecular flexibility index (Phi) is 6.68. The topological polar surface area (TPSA) is 83.0 Å². The van der Waals surface area contributed by atoms with Crippen molar-refractivity contribution in [1.29, 1.82) is 5.26 Å². The Bertz CT molecular complexity index is 1030. The zero-order chi connectivity index (χ0) is 20.8. The highest BCUT2D eigenvalue weighted by Gasteiger charge is 2.25. The molecule has 1 amide bonds. The molecule has 0 aliphatic carbocycles. The average Bonchev–Trinajstić information content (AvgIpc) is 3.19. The van der Waals surface area contributed by atoms with E-state index in [-0.39, 0.29) is 12.3 Å². The molecule has 0 N–H and O–H groups in total. The van der Waals surface area contributed by atoms with Crippen molar-refractivity contribution in [3.8, 4) is 17.5 Å². The first-order valence-corrected chi connectivity index (χ1v) is 10.2. The lowest BCUT2D eigenvalue weighted by atomic mass is 10.1. The zero-order valence-corrected chi connectivity index (χ0v) is 17.4. The molecular formula is C22H22N4O2S. The van der Waals surface area contributed by atoms with E-state index in [2.05, 4.69) is 16.3 Å². The van der Waals surface area contributed by atoms with Crippen molar-refractivity contribution in [2.24, 2.45) is 0 Å². The number of carbonyl (C=O) groups excluding carboxylic acids is 1. The molecule has 7 heteroatoms. The molecule has 0 bridgehead atoms. The molecule has 1 aromatic heterocycles. The minimum atomic E-state index is -0.443. The highest BCUT2D eigenvalue weighted by atomic mass is 32.2. The first kappa shape index (κ1) is 20.6. The summed E-state index contributed by atoms with van der Waals surface area (Å²) in [5.41, 5.74) is 3.96. The normalized spacial score (nSPS) is 11.7. The number of hydrogen-bond acceptors (Lipinski definition) is 6. The van der Waals surface area contributed by atoms with Gasteiger partial charge in [0.2, 0.25) is 11.8 Å². The summed E-state index contributed by atoms with van der Waals surface area (Å²) in [6.45, 7) is 6.22. The molecule has 6 nitrogen and oxygen atoms in total. The number of rotatable bonds is 7. The summed E-state index contributed by atoms with van der Waals surface area (Å²) in [7, 11) is 0. The van der Waals surface area contributed by atoms with E-state index >= 15 is 0 Å². The predicted octanol–water partition coefficient (Wildman–Crippen LogP) is 4.78. The van der Waals surface area contributed by atoms with Gasteiger partial charge in [-0.2, -0.15) is 5.26 Å². The number of carbonyl (C=O) groups is 1. The fourth-order valence-corrected chi connectivity index (χ4v) is 3.55. The average molecular weight is 407 g/mol. The van der Waals surface area contributed by atoms with Crippen LogP contribution in [0.25, 0.3) is 11.5 Å². The Morgan fingerprint density at radius 3 is 2.62 bits per heavy atom. The third kappa shape index (κ3) is 5.04. The van der Waals surface area contributed by atoms with Crippen LogP contribution in [0.4, 0.5) is 5.69 Å².